The van der Waals surface area contributed by atoms with Crippen molar-refractivity contribution in [1.29, 1.82) is 0 Å². The van der Waals surface area contributed by atoms with E-state index < -0.39 is 0 Å². The number of nitrogen functional groups attached to an aromatic ring is 1. The van der Waals surface area contributed by atoms with Gasteiger partial charge in [-0.25, -0.2) is 9.97 Å². The molecule has 0 saturated carbocycles. The fourth-order valence-corrected chi connectivity index (χ4v) is 3.34. The quantitative estimate of drug-likeness (QED) is 0.694. The summed E-state index contributed by atoms with van der Waals surface area (Å²) in [4.78, 5) is 11.6. The molecule has 0 amide bonds. The number of fused-ring (bicyclic) bond motifs is 1. The van der Waals surface area contributed by atoms with E-state index in [1.807, 2.05) is 36.5 Å². The zero-order valence-electron chi connectivity index (χ0n) is 15.2. The Morgan fingerprint density at radius 1 is 1.19 bits per heavy atom. The van der Waals surface area contributed by atoms with Crippen molar-refractivity contribution < 1.29 is 9.84 Å². The standard InChI is InChI=1S/C21H22N4O2/c1-27-18-6-7-20(26)15(10-18)12-25-9-8-19-16(13-25)11-23-21(24-19)14-2-4-17(22)5-3-14/h2-7,10-11,26H,8-9,12-13,22H2,1H3. The maximum absolute atomic E-state index is 10.1. The minimum atomic E-state index is 0.288. The van der Waals surface area contributed by atoms with Crippen LogP contribution in [0.2, 0.25) is 0 Å². The van der Waals surface area contributed by atoms with E-state index in [0.29, 0.717) is 6.54 Å². The van der Waals surface area contributed by atoms with Gasteiger partial charge in [-0.15, -0.1) is 0 Å². The van der Waals surface area contributed by atoms with Gasteiger partial charge in [-0.2, -0.15) is 0 Å². The Morgan fingerprint density at radius 2 is 2.00 bits per heavy atom. The number of hydrogen-bond donors (Lipinski definition) is 2. The molecule has 0 atom stereocenters. The largest absolute Gasteiger partial charge is 0.508 e. The topological polar surface area (TPSA) is 84.5 Å². The van der Waals surface area contributed by atoms with Gasteiger partial charge in [0.1, 0.15) is 11.5 Å². The van der Waals surface area contributed by atoms with Crippen LogP contribution >= 0.6 is 0 Å². The minimum absolute atomic E-state index is 0.288. The predicted molar refractivity (Wildman–Crippen MR) is 104 cm³/mol. The van der Waals surface area contributed by atoms with Gasteiger partial charge in [0.25, 0.3) is 0 Å². The van der Waals surface area contributed by atoms with Gasteiger partial charge in [-0.05, 0) is 42.5 Å². The third-order valence-corrected chi connectivity index (χ3v) is 4.86. The first kappa shape index (κ1) is 17.3. The number of rotatable bonds is 4. The first-order valence-corrected chi connectivity index (χ1v) is 8.91. The van der Waals surface area contributed by atoms with Crippen molar-refractivity contribution in [2.75, 3.05) is 19.4 Å². The number of methoxy groups -OCH3 is 1. The van der Waals surface area contributed by atoms with E-state index in [0.717, 1.165) is 59.2 Å². The molecule has 0 fully saturated rings. The Labute approximate surface area is 158 Å². The maximum atomic E-state index is 10.1. The Kier molecular flexibility index (Phi) is 4.64. The van der Waals surface area contributed by atoms with Crippen molar-refractivity contribution in [1.82, 2.24) is 14.9 Å². The molecule has 27 heavy (non-hydrogen) atoms. The van der Waals surface area contributed by atoms with Gasteiger partial charge in [-0.3, -0.25) is 4.90 Å². The van der Waals surface area contributed by atoms with Gasteiger partial charge in [0, 0.05) is 54.6 Å². The molecular weight excluding hydrogens is 340 g/mol. The van der Waals surface area contributed by atoms with E-state index in [9.17, 15) is 5.11 Å². The number of anilines is 1. The number of ether oxygens (including phenoxy) is 1. The molecular formula is C21H22N4O2. The lowest BCUT2D eigenvalue weighted by Crippen LogP contribution is -2.31. The molecule has 138 valence electrons. The summed E-state index contributed by atoms with van der Waals surface area (Å²) in [5.74, 6) is 1.76. The van der Waals surface area contributed by atoms with Crippen LogP contribution in [0.1, 0.15) is 16.8 Å². The van der Waals surface area contributed by atoms with Crippen molar-refractivity contribution in [3.63, 3.8) is 0 Å². The molecule has 0 spiro atoms. The van der Waals surface area contributed by atoms with E-state index in [1.165, 1.54) is 0 Å². The third kappa shape index (κ3) is 3.71. The molecule has 6 nitrogen and oxygen atoms in total. The van der Waals surface area contributed by atoms with Crippen LogP contribution in [-0.4, -0.2) is 33.6 Å². The molecule has 0 bridgehead atoms. The number of aromatic hydroxyl groups is 1. The SMILES string of the molecule is COc1ccc(O)c(CN2CCc3nc(-c4ccc(N)cc4)ncc3C2)c1. The highest BCUT2D eigenvalue weighted by atomic mass is 16.5. The van der Waals surface area contributed by atoms with Crippen molar-refractivity contribution >= 4 is 5.69 Å². The van der Waals surface area contributed by atoms with Crippen LogP contribution in [0.15, 0.2) is 48.7 Å². The first-order chi connectivity index (χ1) is 13.1. The molecule has 0 saturated heterocycles. The Morgan fingerprint density at radius 3 is 2.78 bits per heavy atom. The van der Waals surface area contributed by atoms with Crippen LogP contribution in [0.25, 0.3) is 11.4 Å². The maximum Gasteiger partial charge on any atom is 0.159 e. The van der Waals surface area contributed by atoms with Crippen LogP contribution in [0, 0.1) is 0 Å². The number of benzene rings is 2. The minimum Gasteiger partial charge on any atom is -0.508 e. The molecule has 3 N–H and O–H groups in total. The van der Waals surface area contributed by atoms with Crippen LogP contribution in [0.5, 0.6) is 11.5 Å². The van der Waals surface area contributed by atoms with Crippen LogP contribution in [0.3, 0.4) is 0 Å². The highest BCUT2D eigenvalue weighted by Gasteiger charge is 2.20. The second-order valence-electron chi connectivity index (χ2n) is 6.74. The number of nitrogens with two attached hydrogens (primary N) is 1. The normalized spacial score (nSPS) is 14.0. The van der Waals surface area contributed by atoms with E-state index in [4.69, 9.17) is 15.5 Å². The lowest BCUT2D eigenvalue weighted by molar-refractivity contribution is 0.239. The number of nitrogens with zero attached hydrogens (tertiary/aromatic N) is 3. The number of aromatic nitrogens is 2. The van der Waals surface area contributed by atoms with Crippen LogP contribution in [-0.2, 0) is 19.5 Å². The molecule has 4 rings (SSSR count). The number of phenols is 1. The summed E-state index contributed by atoms with van der Waals surface area (Å²) < 4.78 is 5.26. The molecule has 1 aliphatic heterocycles. The lowest BCUT2D eigenvalue weighted by Gasteiger charge is -2.28. The Bertz CT molecular complexity index is 957. The monoisotopic (exact) mass is 362 g/mol. The predicted octanol–water partition coefficient (Wildman–Crippen LogP) is 3.00. The molecule has 2 aromatic carbocycles. The summed E-state index contributed by atoms with van der Waals surface area (Å²) in [5.41, 5.74) is 10.5. The van der Waals surface area contributed by atoms with Gasteiger partial charge in [0.15, 0.2) is 5.82 Å². The summed E-state index contributed by atoms with van der Waals surface area (Å²) in [6.45, 7) is 2.29. The van der Waals surface area contributed by atoms with Crippen molar-refractivity contribution in [3.8, 4) is 22.9 Å². The molecule has 0 radical (unpaired) electrons. The van der Waals surface area contributed by atoms with E-state index >= 15 is 0 Å². The van der Waals surface area contributed by atoms with Gasteiger partial charge in [0.2, 0.25) is 0 Å². The van der Waals surface area contributed by atoms with E-state index in [2.05, 4.69) is 9.88 Å². The van der Waals surface area contributed by atoms with Gasteiger partial charge < -0.3 is 15.6 Å². The van der Waals surface area contributed by atoms with E-state index in [-0.39, 0.29) is 5.75 Å². The zero-order valence-corrected chi connectivity index (χ0v) is 15.2. The van der Waals surface area contributed by atoms with Crippen LogP contribution in [0.4, 0.5) is 5.69 Å². The lowest BCUT2D eigenvalue weighted by atomic mass is 10.1. The zero-order chi connectivity index (χ0) is 18.8. The number of phenolic OH excluding ortho intramolecular Hbond substituents is 1. The molecule has 6 heteroatoms. The Hall–Kier alpha value is -3.12. The van der Waals surface area contributed by atoms with Crippen molar-refractivity contribution in [2.24, 2.45) is 0 Å². The average molecular weight is 362 g/mol. The second-order valence-corrected chi connectivity index (χ2v) is 6.74. The fraction of sp³-hybridized carbons (Fsp3) is 0.238. The molecule has 1 aliphatic rings. The van der Waals surface area contributed by atoms with Gasteiger partial charge >= 0.3 is 0 Å². The van der Waals surface area contributed by atoms with Gasteiger partial charge in [0.05, 0.1) is 12.8 Å². The van der Waals surface area contributed by atoms with Gasteiger partial charge in [-0.1, -0.05) is 0 Å². The summed E-state index contributed by atoms with van der Waals surface area (Å²) in [5, 5.41) is 10.1. The molecule has 0 aliphatic carbocycles. The summed E-state index contributed by atoms with van der Waals surface area (Å²) in [6, 6.07) is 12.9. The van der Waals surface area contributed by atoms with Crippen LogP contribution < -0.4 is 10.5 Å². The molecule has 3 aromatic rings. The molecule has 0 unspecified atom stereocenters. The molecule has 2 heterocycles. The summed E-state index contributed by atoms with van der Waals surface area (Å²) in [6.07, 6.45) is 2.76. The number of hydrogen-bond acceptors (Lipinski definition) is 6. The summed E-state index contributed by atoms with van der Waals surface area (Å²) in [7, 11) is 1.63. The highest BCUT2D eigenvalue weighted by Crippen LogP contribution is 2.27. The Balaban J connectivity index is 1.51. The fourth-order valence-electron chi connectivity index (χ4n) is 3.34. The van der Waals surface area contributed by atoms with Crippen molar-refractivity contribution in [2.45, 2.75) is 19.5 Å². The smallest absolute Gasteiger partial charge is 0.159 e. The molecule has 1 aromatic heterocycles. The van der Waals surface area contributed by atoms with Crippen molar-refractivity contribution in [3.05, 3.63) is 65.5 Å². The average Bonchev–Trinajstić information content (AvgIpc) is 2.70. The van der Waals surface area contributed by atoms with E-state index in [1.54, 1.807) is 19.2 Å². The second kappa shape index (κ2) is 7.25. The summed E-state index contributed by atoms with van der Waals surface area (Å²) >= 11 is 0. The highest BCUT2D eigenvalue weighted by molar-refractivity contribution is 5.58. The first-order valence-electron chi connectivity index (χ1n) is 8.91. The third-order valence-electron chi connectivity index (χ3n) is 4.86.